The van der Waals surface area contributed by atoms with Crippen LogP contribution in [-0.2, 0) is 5.41 Å². The van der Waals surface area contributed by atoms with Crippen LogP contribution in [0.1, 0.15) is 56.2 Å². The molecule has 1 aliphatic rings. The summed E-state index contributed by atoms with van der Waals surface area (Å²) in [7, 11) is 0. The molecule has 0 spiro atoms. The first-order chi connectivity index (χ1) is 8.00. The summed E-state index contributed by atoms with van der Waals surface area (Å²) in [4.78, 5) is 14.3. The van der Waals surface area contributed by atoms with Crippen LogP contribution in [-0.4, -0.2) is 29.1 Å². The Balaban J connectivity index is 2.22. The molecule has 2 rings (SSSR count). The molecule has 17 heavy (non-hydrogen) atoms. The Morgan fingerprint density at radius 3 is 2.53 bits per heavy atom. The highest BCUT2D eigenvalue weighted by Crippen LogP contribution is 2.27. The first-order valence-corrected chi connectivity index (χ1v) is 6.24. The molecule has 4 heteroatoms. The molecule has 2 heterocycles. The lowest BCUT2D eigenvalue weighted by atomic mass is 9.90. The number of piperidine rings is 1. The van der Waals surface area contributed by atoms with Gasteiger partial charge in [-0.1, -0.05) is 25.9 Å². The van der Waals surface area contributed by atoms with Crippen LogP contribution in [0.3, 0.4) is 0 Å². The van der Waals surface area contributed by atoms with E-state index < -0.39 is 0 Å². The molecular weight excluding hydrogens is 216 g/mol. The van der Waals surface area contributed by atoms with Gasteiger partial charge in [0.15, 0.2) is 5.76 Å². The molecule has 0 saturated carbocycles. The van der Waals surface area contributed by atoms with Crippen LogP contribution >= 0.6 is 0 Å². The van der Waals surface area contributed by atoms with E-state index in [0.717, 1.165) is 25.9 Å². The Hall–Kier alpha value is -1.32. The van der Waals surface area contributed by atoms with Crippen LogP contribution in [0.15, 0.2) is 10.7 Å². The molecule has 94 valence electrons. The minimum Gasteiger partial charge on any atom is -0.360 e. The van der Waals surface area contributed by atoms with E-state index in [-0.39, 0.29) is 11.3 Å². The topological polar surface area (TPSA) is 46.3 Å². The molecule has 0 aromatic carbocycles. The second-order valence-corrected chi connectivity index (χ2v) is 5.67. The van der Waals surface area contributed by atoms with Gasteiger partial charge in [0.1, 0.15) is 5.56 Å². The molecule has 0 bridgehead atoms. The van der Waals surface area contributed by atoms with Crippen LogP contribution in [0.4, 0.5) is 0 Å². The largest absolute Gasteiger partial charge is 0.360 e. The summed E-state index contributed by atoms with van der Waals surface area (Å²) < 4.78 is 5.24. The maximum atomic E-state index is 12.4. The first-order valence-electron chi connectivity index (χ1n) is 6.24. The van der Waals surface area contributed by atoms with Gasteiger partial charge in [0.05, 0.1) is 6.20 Å². The summed E-state index contributed by atoms with van der Waals surface area (Å²) >= 11 is 0. The third-order valence-electron chi connectivity index (χ3n) is 3.13. The van der Waals surface area contributed by atoms with Crippen LogP contribution in [0.25, 0.3) is 0 Å². The second kappa shape index (κ2) is 4.51. The summed E-state index contributed by atoms with van der Waals surface area (Å²) in [5.41, 5.74) is 0.441. The first kappa shape index (κ1) is 12.1. The molecule has 0 unspecified atom stereocenters. The summed E-state index contributed by atoms with van der Waals surface area (Å²) in [6.45, 7) is 7.79. The number of amides is 1. The van der Waals surface area contributed by atoms with Crippen molar-refractivity contribution in [2.45, 2.75) is 45.4 Å². The Bertz CT molecular complexity index is 398. The number of carbonyl (C=O) groups excluding carboxylic acids is 1. The fraction of sp³-hybridized carbons (Fsp3) is 0.692. The van der Waals surface area contributed by atoms with Gasteiger partial charge in [-0.25, -0.2) is 0 Å². The number of likely N-dealkylation sites (tertiary alicyclic amines) is 1. The predicted molar refractivity (Wildman–Crippen MR) is 65.0 cm³/mol. The monoisotopic (exact) mass is 236 g/mol. The van der Waals surface area contributed by atoms with Gasteiger partial charge < -0.3 is 9.42 Å². The maximum absolute atomic E-state index is 12.4. The lowest BCUT2D eigenvalue weighted by Crippen LogP contribution is -2.36. The maximum Gasteiger partial charge on any atom is 0.259 e. The van der Waals surface area contributed by atoms with E-state index in [0.29, 0.717) is 11.3 Å². The molecule has 1 aromatic heterocycles. The zero-order valence-corrected chi connectivity index (χ0v) is 10.8. The van der Waals surface area contributed by atoms with Crippen molar-refractivity contribution in [3.05, 3.63) is 17.5 Å². The SMILES string of the molecule is CC(C)(C)c1oncc1C(=O)N1CCCCC1. The summed E-state index contributed by atoms with van der Waals surface area (Å²) in [5, 5.41) is 3.78. The van der Waals surface area contributed by atoms with Crippen molar-refractivity contribution in [2.24, 2.45) is 0 Å². The lowest BCUT2D eigenvalue weighted by molar-refractivity contribution is 0.0720. The molecule has 1 fully saturated rings. The van der Waals surface area contributed by atoms with Crippen molar-refractivity contribution >= 4 is 5.91 Å². The van der Waals surface area contributed by atoms with Gasteiger partial charge in [0.25, 0.3) is 5.91 Å². The highest BCUT2D eigenvalue weighted by molar-refractivity contribution is 5.95. The number of hydrogen-bond acceptors (Lipinski definition) is 3. The minimum atomic E-state index is -0.183. The number of aromatic nitrogens is 1. The van der Waals surface area contributed by atoms with E-state index in [1.807, 2.05) is 25.7 Å². The molecule has 1 amide bonds. The molecule has 1 aliphatic heterocycles. The molecule has 1 aromatic rings. The molecule has 0 aliphatic carbocycles. The summed E-state index contributed by atoms with van der Waals surface area (Å²) in [6.07, 6.45) is 4.97. The third-order valence-corrected chi connectivity index (χ3v) is 3.13. The quantitative estimate of drug-likeness (QED) is 0.753. The predicted octanol–water partition coefficient (Wildman–Crippen LogP) is 2.60. The van der Waals surface area contributed by atoms with E-state index in [4.69, 9.17) is 4.52 Å². The minimum absolute atomic E-state index is 0.0656. The van der Waals surface area contributed by atoms with Gasteiger partial charge in [-0.05, 0) is 19.3 Å². The van der Waals surface area contributed by atoms with E-state index in [9.17, 15) is 4.79 Å². The Labute approximate surface area is 102 Å². The van der Waals surface area contributed by atoms with Crippen molar-refractivity contribution in [2.75, 3.05) is 13.1 Å². The smallest absolute Gasteiger partial charge is 0.259 e. The van der Waals surface area contributed by atoms with Gasteiger partial charge in [0.2, 0.25) is 0 Å². The van der Waals surface area contributed by atoms with Gasteiger partial charge in [-0.2, -0.15) is 0 Å². The third kappa shape index (κ3) is 2.51. The van der Waals surface area contributed by atoms with Crippen molar-refractivity contribution in [3.63, 3.8) is 0 Å². The fourth-order valence-corrected chi connectivity index (χ4v) is 2.20. The van der Waals surface area contributed by atoms with Crippen LogP contribution in [0.5, 0.6) is 0 Å². The molecule has 0 N–H and O–H groups in total. The highest BCUT2D eigenvalue weighted by atomic mass is 16.5. The Kier molecular flexibility index (Phi) is 3.22. The van der Waals surface area contributed by atoms with Crippen molar-refractivity contribution < 1.29 is 9.32 Å². The zero-order valence-electron chi connectivity index (χ0n) is 10.8. The van der Waals surface area contributed by atoms with Crippen molar-refractivity contribution in [1.82, 2.24) is 10.1 Å². The number of carbonyl (C=O) groups is 1. The normalized spacial score (nSPS) is 17.2. The lowest BCUT2D eigenvalue weighted by Gasteiger charge is -2.27. The molecule has 0 atom stereocenters. The van der Waals surface area contributed by atoms with Crippen molar-refractivity contribution in [3.8, 4) is 0 Å². The number of rotatable bonds is 1. The summed E-state index contributed by atoms with van der Waals surface area (Å²) in [5.74, 6) is 0.754. The van der Waals surface area contributed by atoms with Gasteiger partial charge in [0, 0.05) is 18.5 Å². The molecule has 0 radical (unpaired) electrons. The standard InChI is InChI=1S/C13H20N2O2/c1-13(2,3)11-10(9-14-17-11)12(16)15-7-5-4-6-8-15/h9H,4-8H2,1-3H3. The van der Waals surface area contributed by atoms with Gasteiger partial charge >= 0.3 is 0 Å². The molecule has 4 nitrogen and oxygen atoms in total. The average molecular weight is 236 g/mol. The Morgan fingerprint density at radius 1 is 1.29 bits per heavy atom. The zero-order chi connectivity index (χ0) is 12.5. The fourth-order valence-electron chi connectivity index (χ4n) is 2.20. The van der Waals surface area contributed by atoms with Gasteiger partial charge in [-0.3, -0.25) is 4.79 Å². The van der Waals surface area contributed by atoms with E-state index in [1.165, 1.54) is 6.42 Å². The molecular formula is C13H20N2O2. The Morgan fingerprint density at radius 2 is 1.94 bits per heavy atom. The second-order valence-electron chi connectivity index (χ2n) is 5.67. The van der Waals surface area contributed by atoms with Crippen LogP contribution in [0.2, 0.25) is 0 Å². The van der Waals surface area contributed by atoms with E-state index in [1.54, 1.807) is 6.20 Å². The average Bonchev–Trinajstić information content (AvgIpc) is 2.78. The summed E-state index contributed by atoms with van der Waals surface area (Å²) in [6, 6.07) is 0. The van der Waals surface area contributed by atoms with E-state index >= 15 is 0 Å². The van der Waals surface area contributed by atoms with Gasteiger partial charge in [-0.15, -0.1) is 0 Å². The van der Waals surface area contributed by atoms with Crippen molar-refractivity contribution in [1.29, 1.82) is 0 Å². The number of nitrogens with zero attached hydrogens (tertiary/aromatic N) is 2. The molecule has 1 saturated heterocycles. The van der Waals surface area contributed by atoms with Crippen LogP contribution in [0, 0.1) is 0 Å². The number of hydrogen-bond donors (Lipinski definition) is 0. The highest BCUT2D eigenvalue weighted by Gasteiger charge is 2.29. The van der Waals surface area contributed by atoms with Crippen LogP contribution < -0.4 is 0 Å². The van der Waals surface area contributed by atoms with E-state index in [2.05, 4.69) is 5.16 Å².